The van der Waals surface area contributed by atoms with Gasteiger partial charge in [-0.15, -0.1) is 0 Å². The maximum Gasteiger partial charge on any atom is 0.254 e. The van der Waals surface area contributed by atoms with Crippen LogP contribution in [-0.4, -0.2) is 13.0 Å². The summed E-state index contributed by atoms with van der Waals surface area (Å²) in [6, 6.07) is 11.2. The summed E-state index contributed by atoms with van der Waals surface area (Å²) in [4.78, 5) is 11.9. The lowest BCUT2D eigenvalue weighted by molar-refractivity contribution is 0.0947. The van der Waals surface area contributed by atoms with Crippen molar-refractivity contribution in [3.63, 3.8) is 0 Å². The quantitative estimate of drug-likeness (QED) is 0.841. The molecule has 2 aromatic rings. The maximum atomic E-state index is 13.5. The van der Waals surface area contributed by atoms with Gasteiger partial charge in [0, 0.05) is 12.2 Å². The third-order valence-corrected chi connectivity index (χ3v) is 2.85. The van der Waals surface area contributed by atoms with Crippen LogP contribution in [-0.2, 0) is 6.54 Å². The monoisotopic (exact) mass is 274 g/mol. The topological polar surface area (TPSA) is 64.3 Å². The van der Waals surface area contributed by atoms with E-state index < -0.39 is 11.7 Å². The number of hydrogen-bond donors (Lipinski definition) is 2. The molecule has 0 atom stereocenters. The molecule has 0 aromatic heterocycles. The van der Waals surface area contributed by atoms with Crippen LogP contribution >= 0.6 is 0 Å². The highest BCUT2D eigenvalue weighted by molar-refractivity contribution is 5.95. The maximum absolute atomic E-state index is 13.5. The van der Waals surface area contributed by atoms with E-state index in [0.717, 1.165) is 11.3 Å². The molecule has 104 valence electrons. The zero-order valence-electron chi connectivity index (χ0n) is 11.0. The highest BCUT2D eigenvalue weighted by Gasteiger charge is 2.11. The molecule has 2 aromatic carbocycles. The van der Waals surface area contributed by atoms with Gasteiger partial charge in [-0.25, -0.2) is 4.39 Å². The SMILES string of the molecule is COc1ccc(CNC(=O)c2cc(N)ccc2F)cc1. The van der Waals surface area contributed by atoms with Gasteiger partial charge in [0.2, 0.25) is 0 Å². The Morgan fingerprint density at radius 1 is 1.25 bits per heavy atom. The van der Waals surface area contributed by atoms with E-state index in [1.54, 1.807) is 19.2 Å². The highest BCUT2D eigenvalue weighted by Crippen LogP contribution is 2.13. The fourth-order valence-electron chi connectivity index (χ4n) is 1.74. The van der Waals surface area contributed by atoms with Gasteiger partial charge in [0.05, 0.1) is 12.7 Å². The smallest absolute Gasteiger partial charge is 0.254 e. The molecule has 0 spiro atoms. The summed E-state index contributed by atoms with van der Waals surface area (Å²) in [5.41, 5.74) is 6.73. The Hall–Kier alpha value is -2.56. The first-order valence-electron chi connectivity index (χ1n) is 6.06. The minimum atomic E-state index is -0.591. The molecule has 0 heterocycles. The largest absolute Gasteiger partial charge is 0.497 e. The Balaban J connectivity index is 2.02. The van der Waals surface area contributed by atoms with Gasteiger partial charge in [-0.05, 0) is 35.9 Å². The van der Waals surface area contributed by atoms with Crippen molar-refractivity contribution in [2.75, 3.05) is 12.8 Å². The highest BCUT2D eigenvalue weighted by atomic mass is 19.1. The molecular formula is C15H15FN2O2. The van der Waals surface area contributed by atoms with Crippen LogP contribution in [0.4, 0.5) is 10.1 Å². The molecule has 2 rings (SSSR count). The van der Waals surface area contributed by atoms with E-state index in [-0.39, 0.29) is 5.56 Å². The van der Waals surface area contributed by atoms with Crippen LogP contribution in [0.25, 0.3) is 0 Å². The van der Waals surface area contributed by atoms with Gasteiger partial charge in [0.15, 0.2) is 0 Å². The minimum Gasteiger partial charge on any atom is -0.497 e. The predicted octanol–water partition coefficient (Wildman–Crippen LogP) is 2.35. The van der Waals surface area contributed by atoms with Crippen LogP contribution in [0.15, 0.2) is 42.5 Å². The molecule has 0 saturated heterocycles. The number of halogens is 1. The molecule has 0 bridgehead atoms. The summed E-state index contributed by atoms with van der Waals surface area (Å²) < 4.78 is 18.6. The Morgan fingerprint density at radius 3 is 2.60 bits per heavy atom. The molecule has 0 aliphatic rings. The molecule has 0 radical (unpaired) electrons. The zero-order chi connectivity index (χ0) is 14.5. The number of carbonyl (C=O) groups excluding carboxylic acids is 1. The molecule has 3 N–H and O–H groups in total. The minimum absolute atomic E-state index is 0.0569. The number of amides is 1. The lowest BCUT2D eigenvalue weighted by Gasteiger charge is -2.07. The summed E-state index contributed by atoms with van der Waals surface area (Å²) in [5.74, 6) is -0.348. The van der Waals surface area contributed by atoms with Crippen LogP contribution < -0.4 is 15.8 Å². The molecule has 0 aliphatic heterocycles. The number of nitrogens with one attached hydrogen (secondary N) is 1. The van der Waals surface area contributed by atoms with Crippen LogP contribution in [0.5, 0.6) is 5.75 Å². The molecule has 0 fully saturated rings. The number of rotatable bonds is 4. The van der Waals surface area contributed by atoms with Crippen molar-refractivity contribution in [1.29, 1.82) is 0 Å². The van der Waals surface area contributed by atoms with Crippen molar-refractivity contribution < 1.29 is 13.9 Å². The number of nitrogen functional groups attached to an aromatic ring is 1. The van der Waals surface area contributed by atoms with Crippen molar-refractivity contribution in [1.82, 2.24) is 5.32 Å². The number of anilines is 1. The van der Waals surface area contributed by atoms with Crippen molar-refractivity contribution >= 4 is 11.6 Å². The van der Waals surface area contributed by atoms with Crippen LogP contribution in [0.2, 0.25) is 0 Å². The number of hydrogen-bond acceptors (Lipinski definition) is 3. The summed E-state index contributed by atoms with van der Waals surface area (Å²) in [6.45, 7) is 0.303. The fourth-order valence-corrected chi connectivity index (χ4v) is 1.74. The van der Waals surface area contributed by atoms with Crippen molar-refractivity contribution in [3.05, 3.63) is 59.4 Å². The Kier molecular flexibility index (Phi) is 4.20. The first-order valence-corrected chi connectivity index (χ1v) is 6.06. The van der Waals surface area contributed by atoms with Gasteiger partial charge in [0.1, 0.15) is 11.6 Å². The third kappa shape index (κ3) is 3.26. The van der Waals surface area contributed by atoms with Crippen molar-refractivity contribution in [2.45, 2.75) is 6.54 Å². The Labute approximate surface area is 116 Å². The van der Waals surface area contributed by atoms with E-state index in [0.29, 0.717) is 12.2 Å². The first-order chi connectivity index (χ1) is 9.60. The molecular weight excluding hydrogens is 259 g/mol. The Morgan fingerprint density at radius 2 is 1.95 bits per heavy atom. The van der Waals surface area contributed by atoms with E-state index in [1.165, 1.54) is 18.2 Å². The number of methoxy groups -OCH3 is 1. The molecule has 0 aliphatic carbocycles. The fraction of sp³-hybridized carbons (Fsp3) is 0.133. The van der Waals surface area contributed by atoms with Gasteiger partial charge in [-0.1, -0.05) is 12.1 Å². The van der Waals surface area contributed by atoms with Crippen LogP contribution in [0.3, 0.4) is 0 Å². The lowest BCUT2D eigenvalue weighted by atomic mass is 10.1. The Bertz CT molecular complexity index is 612. The van der Waals surface area contributed by atoms with Crippen LogP contribution in [0, 0.1) is 5.82 Å². The second kappa shape index (κ2) is 6.06. The predicted molar refractivity (Wildman–Crippen MR) is 75.0 cm³/mol. The second-order valence-electron chi connectivity index (χ2n) is 4.27. The van der Waals surface area contributed by atoms with Gasteiger partial charge in [-0.2, -0.15) is 0 Å². The summed E-state index contributed by atoms with van der Waals surface area (Å²) in [6.07, 6.45) is 0. The number of benzene rings is 2. The van der Waals surface area contributed by atoms with Gasteiger partial charge >= 0.3 is 0 Å². The van der Waals surface area contributed by atoms with E-state index in [1.807, 2.05) is 12.1 Å². The van der Waals surface area contributed by atoms with E-state index in [9.17, 15) is 9.18 Å². The van der Waals surface area contributed by atoms with Gasteiger partial charge < -0.3 is 15.8 Å². The van der Waals surface area contributed by atoms with Crippen molar-refractivity contribution in [3.8, 4) is 5.75 Å². The van der Waals surface area contributed by atoms with Gasteiger partial charge in [0.25, 0.3) is 5.91 Å². The third-order valence-electron chi connectivity index (χ3n) is 2.85. The summed E-state index contributed by atoms with van der Waals surface area (Å²) >= 11 is 0. The van der Waals surface area contributed by atoms with Crippen molar-refractivity contribution in [2.24, 2.45) is 0 Å². The van der Waals surface area contributed by atoms with Gasteiger partial charge in [-0.3, -0.25) is 4.79 Å². The van der Waals surface area contributed by atoms with Crippen LogP contribution in [0.1, 0.15) is 15.9 Å². The van der Waals surface area contributed by atoms with E-state index in [2.05, 4.69) is 5.32 Å². The van der Waals surface area contributed by atoms with E-state index in [4.69, 9.17) is 10.5 Å². The molecule has 0 saturated carbocycles. The average Bonchev–Trinajstić information content (AvgIpc) is 2.47. The number of carbonyl (C=O) groups is 1. The second-order valence-corrected chi connectivity index (χ2v) is 4.27. The average molecular weight is 274 g/mol. The standard InChI is InChI=1S/C15H15FN2O2/c1-20-12-5-2-10(3-6-12)9-18-15(19)13-8-11(17)4-7-14(13)16/h2-8H,9,17H2,1H3,(H,18,19). The zero-order valence-corrected chi connectivity index (χ0v) is 11.0. The molecule has 4 nitrogen and oxygen atoms in total. The lowest BCUT2D eigenvalue weighted by Crippen LogP contribution is -2.24. The molecule has 1 amide bonds. The van der Waals surface area contributed by atoms with E-state index >= 15 is 0 Å². The molecule has 5 heteroatoms. The molecule has 20 heavy (non-hydrogen) atoms. The summed E-state index contributed by atoms with van der Waals surface area (Å²) in [5, 5.41) is 2.65. The number of nitrogens with two attached hydrogens (primary N) is 1. The molecule has 0 unspecified atom stereocenters. The normalized spacial score (nSPS) is 10.1. The first kappa shape index (κ1) is 13.9. The number of ether oxygens (including phenoxy) is 1. The summed E-state index contributed by atoms with van der Waals surface area (Å²) in [7, 11) is 1.58.